The van der Waals surface area contributed by atoms with Crippen molar-refractivity contribution in [2.75, 3.05) is 6.61 Å². The Morgan fingerprint density at radius 1 is 1.42 bits per heavy atom. The van der Waals surface area contributed by atoms with Gasteiger partial charge in [-0.05, 0) is 30.5 Å². The van der Waals surface area contributed by atoms with Crippen LogP contribution < -0.4 is 4.80 Å². The third kappa shape index (κ3) is 1.88. The average Bonchev–Trinajstić information content (AvgIpc) is 2.67. The first-order valence-corrected chi connectivity index (χ1v) is 6.64. The number of aliphatic hydroxyl groups is 1. The summed E-state index contributed by atoms with van der Waals surface area (Å²) in [5.74, 6) is 0. The first kappa shape index (κ1) is 12.7. The van der Waals surface area contributed by atoms with Crippen LogP contribution in [0.1, 0.15) is 23.6 Å². The van der Waals surface area contributed by atoms with E-state index in [1.807, 2.05) is 0 Å². The molecule has 102 valence electrons. The molecule has 2 N–H and O–H groups in total. The lowest BCUT2D eigenvalue weighted by atomic mass is 9.97. The SMILES string of the molecule is N=c1sc2cc(C(F)(F)F)cc3c2n1[C@@H](CO)CC3. The minimum Gasteiger partial charge on any atom is -0.394 e. The van der Waals surface area contributed by atoms with Crippen molar-refractivity contribution in [2.24, 2.45) is 0 Å². The van der Waals surface area contributed by atoms with Crippen molar-refractivity contribution < 1.29 is 18.3 Å². The number of hydrogen-bond donors (Lipinski definition) is 2. The minimum atomic E-state index is -4.37. The van der Waals surface area contributed by atoms with Gasteiger partial charge >= 0.3 is 6.18 Å². The molecule has 2 heterocycles. The number of aryl methyl sites for hydroxylation is 1. The van der Waals surface area contributed by atoms with Crippen LogP contribution in [-0.2, 0) is 12.6 Å². The fraction of sp³-hybridized carbons (Fsp3) is 0.417. The summed E-state index contributed by atoms with van der Waals surface area (Å²) in [5, 5.41) is 17.2. The maximum atomic E-state index is 12.8. The van der Waals surface area contributed by atoms with Gasteiger partial charge < -0.3 is 9.67 Å². The van der Waals surface area contributed by atoms with Crippen molar-refractivity contribution >= 4 is 21.6 Å². The Balaban J connectivity index is 2.33. The van der Waals surface area contributed by atoms with Crippen LogP contribution in [0.4, 0.5) is 13.2 Å². The zero-order valence-electron chi connectivity index (χ0n) is 9.79. The van der Waals surface area contributed by atoms with Gasteiger partial charge in [-0.2, -0.15) is 13.2 Å². The number of halogens is 3. The lowest BCUT2D eigenvalue weighted by Crippen LogP contribution is -2.26. The van der Waals surface area contributed by atoms with Crippen molar-refractivity contribution in [1.29, 1.82) is 5.41 Å². The fourth-order valence-electron chi connectivity index (χ4n) is 2.60. The maximum absolute atomic E-state index is 12.8. The van der Waals surface area contributed by atoms with Crippen LogP contribution in [0.3, 0.4) is 0 Å². The lowest BCUT2D eigenvalue weighted by Gasteiger charge is -2.24. The number of nitrogens with one attached hydrogen (secondary N) is 1. The molecule has 0 fully saturated rings. The number of aliphatic hydroxyl groups excluding tert-OH is 1. The normalized spacial score (nSPS) is 19.1. The smallest absolute Gasteiger partial charge is 0.394 e. The monoisotopic (exact) mass is 288 g/mol. The molecule has 0 aliphatic carbocycles. The molecule has 0 saturated carbocycles. The molecule has 1 aliphatic rings. The van der Waals surface area contributed by atoms with E-state index in [1.165, 1.54) is 6.07 Å². The second kappa shape index (κ2) is 4.08. The molecule has 3 nitrogen and oxygen atoms in total. The molecule has 2 aromatic rings. The van der Waals surface area contributed by atoms with Gasteiger partial charge in [-0.1, -0.05) is 11.3 Å². The molecule has 0 bridgehead atoms. The molecule has 0 unspecified atom stereocenters. The van der Waals surface area contributed by atoms with Crippen LogP contribution >= 0.6 is 11.3 Å². The van der Waals surface area contributed by atoms with Crippen LogP contribution in [0.15, 0.2) is 12.1 Å². The van der Waals surface area contributed by atoms with Crippen molar-refractivity contribution in [2.45, 2.75) is 25.1 Å². The number of rotatable bonds is 1. The molecule has 1 atom stereocenters. The summed E-state index contributed by atoms with van der Waals surface area (Å²) >= 11 is 1.03. The predicted octanol–water partition coefficient (Wildman–Crippen LogP) is 2.68. The van der Waals surface area contributed by atoms with Crippen LogP contribution in [0.25, 0.3) is 10.2 Å². The summed E-state index contributed by atoms with van der Waals surface area (Å²) < 4.78 is 40.6. The Morgan fingerprint density at radius 3 is 2.79 bits per heavy atom. The zero-order chi connectivity index (χ0) is 13.8. The highest BCUT2D eigenvalue weighted by atomic mass is 32.1. The molecule has 19 heavy (non-hydrogen) atoms. The minimum absolute atomic E-state index is 0.0944. The lowest BCUT2D eigenvalue weighted by molar-refractivity contribution is -0.137. The Labute approximate surface area is 110 Å². The molecule has 0 amide bonds. The summed E-state index contributed by atoms with van der Waals surface area (Å²) in [6.07, 6.45) is -3.30. The van der Waals surface area contributed by atoms with Gasteiger partial charge in [0.05, 0.1) is 28.4 Å². The van der Waals surface area contributed by atoms with E-state index in [0.717, 1.165) is 17.4 Å². The summed E-state index contributed by atoms with van der Waals surface area (Å²) in [6, 6.07) is 2.06. The topological polar surface area (TPSA) is 49.0 Å². The third-order valence-corrected chi connectivity index (χ3v) is 4.39. The fourth-order valence-corrected chi connectivity index (χ4v) is 3.66. The number of benzene rings is 1. The van der Waals surface area contributed by atoms with E-state index >= 15 is 0 Å². The second-order valence-electron chi connectivity index (χ2n) is 4.63. The van der Waals surface area contributed by atoms with E-state index < -0.39 is 11.7 Å². The van der Waals surface area contributed by atoms with Gasteiger partial charge in [0.2, 0.25) is 0 Å². The molecule has 1 aliphatic heterocycles. The van der Waals surface area contributed by atoms with Gasteiger partial charge in [0.1, 0.15) is 0 Å². The average molecular weight is 288 g/mol. The van der Waals surface area contributed by atoms with E-state index in [1.54, 1.807) is 4.57 Å². The molecule has 1 aromatic carbocycles. The molecular formula is C12H11F3N2OS. The van der Waals surface area contributed by atoms with Crippen LogP contribution in [0.2, 0.25) is 0 Å². The Bertz CT molecular complexity index is 701. The van der Waals surface area contributed by atoms with Gasteiger partial charge in [0.25, 0.3) is 0 Å². The Hall–Kier alpha value is -1.34. The van der Waals surface area contributed by atoms with E-state index in [-0.39, 0.29) is 17.5 Å². The number of hydrogen-bond acceptors (Lipinski definition) is 3. The number of thiazole rings is 1. The van der Waals surface area contributed by atoms with Crippen LogP contribution in [0, 0.1) is 5.41 Å². The van der Waals surface area contributed by atoms with E-state index in [4.69, 9.17) is 5.41 Å². The highest BCUT2D eigenvalue weighted by molar-refractivity contribution is 7.16. The summed E-state index contributed by atoms with van der Waals surface area (Å²) in [5.41, 5.74) is 0.628. The van der Waals surface area contributed by atoms with E-state index in [0.29, 0.717) is 28.6 Å². The first-order chi connectivity index (χ1) is 8.91. The number of nitrogens with zero attached hydrogens (tertiary/aromatic N) is 1. The largest absolute Gasteiger partial charge is 0.416 e. The summed E-state index contributed by atoms with van der Waals surface area (Å²) in [6.45, 7) is -0.0944. The summed E-state index contributed by atoms with van der Waals surface area (Å²) in [4.78, 5) is 0.189. The number of aromatic nitrogens is 1. The molecule has 0 saturated heterocycles. The summed E-state index contributed by atoms with van der Waals surface area (Å²) in [7, 11) is 0. The van der Waals surface area contributed by atoms with Crippen LogP contribution in [-0.4, -0.2) is 16.3 Å². The Morgan fingerprint density at radius 2 is 2.16 bits per heavy atom. The molecule has 7 heteroatoms. The number of alkyl halides is 3. The van der Waals surface area contributed by atoms with E-state index in [2.05, 4.69) is 0 Å². The molecule has 3 rings (SSSR count). The molecule has 1 aromatic heterocycles. The van der Waals surface area contributed by atoms with Gasteiger partial charge in [-0.3, -0.25) is 5.41 Å². The van der Waals surface area contributed by atoms with Gasteiger partial charge in [0.15, 0.2) is 4.80 Å². The van der Waals surface area contributed by atoms with Gasteiger partial charge in [-0.15, -0.1) is 0 Å². The van der Waals surface area contributed by atoms with Gasteiger partial charge in [-0.25, -0.2) is 0 Å². The predicted molar refractivity (Wildman–Crippen MR) is 65.1 cm³/mol. The molecule has 0 radical (unpaired) electrons. The standard InChI is InChI=1S/C12H11F3N2OS/c13-12(14,15)7-3-6-1-2-8(5-18)17-10(6)9(4-7)19-11(17)16/h3-4,8,16,18H,1-2,5H2/t8-/m1/s1. The van der Waals surface area contributed by atoms with Gasteiger partial charge in [0, 0.05) is 0 Å². The van der Waals surface area contributed by atoms with E-state index in [9.17, 15) is 18.3 Å². The van der Waals surface area contributed by atoms with Crippen LogP contribution in [0.5, 0.6) is 0 Å². The molecule has 0 spiro atoms. The maximum Gasteiger partial charge on any atom is 0.416 e. The third-order valence-electron chi connectivity index (χ3n) is 3.47. The van der Waals surface area contributed by atoms with Crippen molar-refractivity contribution in [1.82, 2.24) is 4.57 Å². The highest BCUT2D eigenvalue weighted by Crippen LogP contribution is 2.37. The first-order valence-electron chi connectivity index (χ1n) is 5.82. The Kier molecular flexibility index (Phi) is 2.72. The van der Waals surface area contributed by atoms with Crippen molar-refractivity contribution in [3.05, 3.63) is 28.1 Å². The molecular weight excluding hydrogens is 277 g/mol. The van der Waals surface area contributed by atoms with Crippen molar-refractivity contribution in [3.8, 4) is 0 Å². The second-order valence-corrected chi connectivity index (χ2v) is 5.66. The van der Waals surface area contributed by atoms with Crippen molar-refractivity contribution in [3.63, 3.8) is 0 Å². The zero-order valence-corrected chi connectivity index (χ0v) is 10.6. The quantitative estimate of drug-likeness (QED) is 0.832. The highest BCUT2D eigenvalue weighted by Gasteiger charge is 2.33.